The number of hydrogen-bond donors (Lipinski definition) is 2. The fraction of sp³-hybridized carbons (Fsp3) is 0.231. The van der Waals surface area contributed by atoms with Crippen LogP contribution in [0, 0.1) is 5.82 Å². The summed E-state index contributed by atoms with van der Waals surface area (Å²) in [5, 5.41) is 10.9. The maximum absolute atomic E-state index is 14.5. The third kappa shape index (κ3) is 5.04. The molecule has 5 rings (SSSR count). The highest BCUT2D eigenvalue weighted by molar-refractivity contribution is 5.93. The number of likely N-dealkylation sites (N-methyl/N-ethyl adjacent to an activating group) is 1. The van der Waals surface area contributed by atoms with Crippen LogP contribution in [0.15, 0.2) is 61.3 Å². The van der Waals surface area contributed by atoms with E-state index in [0.717, 1.165) is 37.6 Å². The Bertz CT molecular complexity index is 1390. The summed E-state index contributed by atoms with van der Waals surface area (Å²) in [4.78, 5) is 25.8. The SMILES string of the molecule is C=CC(=O)Cc1cc(F)cc(-c2nc(Nc3cccc(N4CCN(C)CC4)c3)nc3[nH]ncc23)c1. The fourth-order valence-electron chi connectivity index (χ4n) is 4.25. The number of aromatic nitrogens is 4. The minimum atomic E-state index is -0.445. The van der Waals surface area contributed by atoms with Crippen molar-refractivity contribution in [2.75, 3.05) is 43.4 Å². The molecule has 4 aromatic rings. The number of piperazine rings is 1. The van der Waals surface area contributed by atoms with Gasteiger partial charge in [0, 0.05) is 49.5 Å². The molecule has 2 aromatic heterocycles. The van der Waals surface area contributed by atoms with E-state index in [2.05, 4.69) is 56.1 Å². The standard InChI is InChI=1S/C26H26FN7O/c1-3-22(35)13-17-11-18(14-19(27)12-17)24-23-16-28-32-25(23)31-26(30-24)29-20-5-4-6-21(15-20)34-9-7-33(2)8-10-34/h3-6,11-12,14-16H,1,7-10,13H2,2H3,(H2,28,29,30,31,32). The number of carbonyl (C=O) groups is 1. The first-order valence-corrected chi connectivity index (χ1v) is 11.5. The number of carbonyl (C=O) groups excluding carboxylic acids is 1. The van der Waals surface area contributed by atoms with Crippen molar-refractivity contribution >= 4 is 34.1 Å². The number of benzene rings is 2. The average molecular weight is 472 g/mol. The number of halogens is 1. The second-order valence-corrected chi connectivity index (χ2v) is 8.69. The van der Waals surface area contributed by atoms with E-state index in [0.29, 0.717) is 33.8 Å². The molecule has 0 amide bonds. The molecule has 9 heteroatoms. The van der Waals surface area contributed by atoms with Crippen LogP contribution in [0.2, 0.25) is 0 Å². The van der Waals surface area contributed by atoms with Gasteiger partial charge in [0.05, 0.1) is 17.3 Å². The van der Waals surface area contributed by atoms with E-state index >= 15 is 0 Å². The van der Waals surface area contributed by atoms with Crippen LogP contribution in [0.25, 0.3) is 22.3 Å². The third-order valence-corrected chi connectivity index (χ3v) is 6.12. The second kappa shape index (κ2) is 9.63. The molecule has 0 radical (unpaired) electrons. The Morgan fingerprint density at radius 1 is 1.17 bits per heavy atom. The summed E-state index contributed by atoms with van der Waals surface area (Å²) < 4.78 is 14.5. The normalized spacial score (nSPS) is 14.3. The van der Waals surface area contributed by atoms with Crippen molar-refractivity contribution in [2.24, 2.45) is 0 Å². The van der Waals surface area contributed by atoms with Crippen LogP contribution in [0.4, 0.5) is 21.7 Å². The first-order valence-electron chi connectivity index (χ1n) is 11.5. The summed E-state index contributed by atoms with van der Waals surface area (Å²) in [5.41, 5.74) is 4.12. The number of ketones is 1. The Kier molecular flexibility index (Phi) is 6.24. The van der Waals surface area contributed by atoms with Crippen molar-refractivity contribution in [2.45, 2.75) is 6.42 Å². The predicted molar refractivity (Wildman–Crippen MR) is 135 cm³/mol. The average Bonchev–Trinajstić information content (AvgIpc) is 3.32. The molecule has 3 heterocycles. The molecule has 1 aliphatic heterocycles. The Labute approximate surface area is 202 Å². The molecule has 0 aliphatic carbocycles. The van der Waals surface area contributed by atoms with Crippen molar-refractivity contribution in [1.82, 2.24) is 25.1 Å². The van der Waals surface area contributed by atoms with Gasteiger partial charge < -0.3 is 15.1 Å². The van der Waals surface area contributed by atoms with Gasteiger partial charge in [-0.3, -0.25) is 9.89 Å². The lowest BCUT2D eigenvalue weighted by Crippen LogP contribution is -2.44. The Morgan fingerprint density at radius 2 is 2.00 bits per heavy atom. The Balaban J connectivity index is 1.48. The highest BCUT2D eigenvalue weighted by Gasteiger charge is 2.16. The van der Waals surface area contributed by atoms with Crippen LogP contribution in [0.3, 0.4) is 0 Å². The zero-order chi connectivity index (χ0) is 24.4. The monoisotopic (exact) mass is 471 g/mol. The lowest BCUT2D eigenvalue weighted by molar-refractivity contribution is -0.114. The lowest BCUT2D eigenvalue weighted by Gasteiger charge is -2.34. The highest BCUT2D eigenvalue weighted by atomic mass is 19.1. The van der Waals surface area contributed by atoms with E-state index in [1.165, 1.54) is 18.2 Å². The van der Waals surface area contributed by atoms with Crippen molar-refractivity contribution in [3.8, 4) is 11.3 Å². The second-order valence-electron chi connectivity index (χ2n) is 8.69. The van der Waals surface area contributed by atoms with Gasteiger partial charge in [-0.2, -0.15) is 10.1 Å². The summed E-state index contributed by atoms with van der Waals surface area (Å²) in [6.07, 6.45) is 2.92. The van der Waals surface area contributed by atoms with E-state index in [9.17, 15) is 9.18 Å². The molecule has 0 atom stereocenters. The summed E-state index contributed by atoms with van der Waals surface area (Å²) in [6, 6.07) is 12.6. The van der Waals surface area contributed by atoms with E-state index in [4.69, 9.17) is 4.98 Å². The van der Waals surface area contributed by atoms with E-state index < -0.39 is 5.82 Å². The van der Waals surface area contributed by atoms with Crippen molar-refractivity contribution < 1.29 is 9.18 Å². The van der Waals surface area contributed by atoms with Crippen molar-refractivity contribution in [3.05, 3.63) is 72.7 Å². The molecular formula is C26H26FN7O. The number of anilines is 3. The number of aromatic amines is 1. The van der Waals surface area contributed by atoms with Gasteiger partial charge in [0.15, 0.2) is 11.4 Å². The minimum Gasteiger partial charge on any atom is -0.369 e. The molecule has 1 aliphatic rings. The number of hydrogen-bond acceptors (Lipinski definition) is 7. The largest absolute Gasteiger partial charge is 0.369 e. The molecule has 0 bridgehead atoms. The van der Waals surface area contributed by atoms with Crippen molar-refractivity contribution in [3.63, 3.8) is 0 Å². The van der Waals surface area contributed by atoms with Crippen LogP contribution >= 0.6 is 0 Å². The number of nitrogens with one attached hydrogen (secondary N) is 2. The lowest BCUT2D eigenvalue weighted by atomic mass is 10.0. The van der Waals surface area contributed by atoms with Gasteiger partial charge in [-0.25, -0.2) is 9.37 Å². The fourth-order valence-corrected chi connectivity index (χ4v) is 4.25. The zero-order valence-electron chi connectivity index (χ0n) is 19.5. The molecule has 0 saturated carbocycles. The zero-order valence-corrected chi connectivity index (χ0v) is 19.5. The van der Waals surface area contributed by atoms with Gasteiger partial charge in [-0.1, -0.05) is 12.6 Å². The van der Waals surface area contributed by atoms with Crippen LogP contribution in [0.5, 0.6) is 0 Å². The number of H-pyrrole nitrogens is 1. The number of nitrogens with zero attached hydrogens (tertiary/aromatic N) is 5. The molecule has 1 fully saturated rings. The smallest absolute Gasteiger partial charge is 0.229 e. The van der Waals surface area contributed by atoms with E-state index in [-0.39, 0.29) is 12.2 Å². The molecule has 2 N–H and O–H groups in total. The molecule has 1 saturated heterocycles. The molecule has 35 heavy (non-hydrogen) atoms. The summed E-state index contributed by atoms with van der Waals surface area (Å²) >= 11 is 0. The molecule has 2 aromatic carbocycles. The van der Waals surface area contributed by atoms with E-state index in [1.54, 1.807) is 12.3 Å². The topological polar surface area (TPSA) is 90.0 Å². The van der Waals surface area contributed by atoms with Gasteiger partial charge >= 0.3 is 0 Å². The van der Waals surface area contributed by atoms with Crippen LogP contribution in [-0.2, 0) is 11.2 Å². The number of rotatable bonds is 7. The number of fused-ring (bicyclic) bond motifs is 1. The van der Waals surface area contributed by atoms with E-state index in [1.807, 2.05) is 12.1 Å². The van der Waals surface area contributed by atoms with Gasteiger partial charge in [0.25, 0.3) is 0 Å². The summed E-state index contributed by atoms with van der Waals surface area (Å²) in [7, 11) is 2.13. The minimum absolute atomic E-state index is 0.0675. The first-order chi connectivity index (χ1) is 17.0. The molecule has 178 valence electrons. The Hall–Kier alpha value is -4.11. The first kappa shape index (κ1) is 22.7. The molecule has 0 spiro atoms. The van der Waals surface area contributed by atoms with Gasteiger partial charge in [-0.05, 0) is 55.1 Å². The molecular weight excluding hydrogens is 445 g/mol. The number of allylic oxidation sites excluding steroid dienone is 1. The van der Waals surface area contributed by atoms with Crippen LogP contribution in [-0.4, -0.2) is 64.1 Å². The highest BCUT2D eigenvalue weighted by Crippen LogP contribution is 2.29. The van der Waals surface area contributed by atoms with Gasteiger partial charge in [0.2, 0.25) is 5.95 Å². The Morgan fingerprint density at radius 3 is 2.80 bits per heavy atom. The third-order valence-electron chi connectivity index (χ3n) is 6.12. The van der Waals surface area contributed by atoms with Crippen LogP contribution < -0.4 is 10.2 Å². The van der Waals surface area contributed by atoms with Crippen LogP contribution in [0.1, 0.15) is 5.56 Å². The summed E-state index contributed by atoms with van der Waals surface area (Å²) in [6.45, 7) is 7.48. The summed E-state index contributed by atoms with van der Waals surface area (Å²) in [5.74, 6) is -0.264. The maximum atomic E-state index is 14.5. The van der Waals surface area contributed by atoms with Crippen molar-refractivity contribution in [1.29, 1.82) is 0 Å². The van der Waals surface area contributed by atoms with Gasteiger partial charge in [0.1, 0.15) is 5.82 Å². The predicted octanol–water partition coefficient (Wildman–Crippen LogP) is 3.95. The van der Waals surface area contributed by atoms with Gasteiger partial charge in [-0.15, -0.1) is 0 Å². The quantitative estimate of drug-likeness (QED) is 0.395. The maximum Gasteiger partial charge on any atom is 0.229 e. The molecule has 0 unspecified atom stereocenters. The molecule has 8 nitrogen and oxygen atoms in total.